The van der Waals surface area contributed by atoms with E-state index in [1.807, 2.05) is 54.6 Å². The van der Waals surface area contributed by atoms with Crippen LogP contribution in [0.25, 0.3) is 11.0 Å². The lowest BCUT2D eigenvalue weighted by atomic mass is 10.2. The number of aromatic amines is 1. The lowest BCUT2D eigenvalue weighted by Crippen LogP contribution is -2.24. The Morgan fingerprint density at radius 2 is 2.08 bits per heavy atom. The zero-order valence-electron chi connectivity index (χ0n) is 12.8. The predicted molar refractivity (Wildman–Crippen MR) is 91.7 cm³/mol. The Balaban J connectivity index is 1.65. The fourth-order valence-electron chi connectivity index (χ4n) is 2.20. The van der Waals surface area contributed by atoms with Crippen LogP contribution in [-0.4, -0.2) is 15.9 Å². The normalized spacial score (nSPS) is 11.0. The van der Waals surface area contributed by atoms with Gasteiger partial charge in [0, 0.05) is 18.4 Å². The van der Waals surface area contributed by atoms with Crippen LogP contribution < -0.4 is 10.6 Å². The number of anilines is 1. The van der Waals surface area contributed by atoms with Crippen molar-refractivity contribution >= 4 is 22.6 Å². The molecule has 0 spiro atoms. The second kappa shape index (κ2) is 7.11. The Bertz CT molecular complexity index is 921. The number of hydrogen-bond donors (Lipinski definition) is 3. The van der Waals surface area contributed by atoms with E-state index in [1.54, 1.807) is 6.33 Å². The molecule has 0 radical (unpaired) electrons. The maximum atomic E-state index is 12.1. The molecule has 3 aromatic rings. The SMILES string of the molecule is N#C/C(=C/Nc1ccc2nc[nH]c2c1)C(=O)NCc1ccccc1. The molecule has 0 aliphatic rings. The van der Waals surface area contributed by atoms with Gasteiger partial charge >= 0.3 is 0 Å². The first-order valence-electron chi connectivity index (χ1n) is 7.38. The van der Waals surface area contributed by atoms with Gasteiger partial charge in [0.2, 0.25) is 0 Å². The smallest absolute Gasteiger partial charge is 0.263 e. The molecule has 6 heteroatoms. The van der Waals surface area contributed by atoms with Gasteiger partial charge in [0.25, 0.3) is 5.91 Å². The number of nitrogens with zero attached hydrogens (tertiary/aromatic N) is 2. The van der Waals surface area contributed by atoms with Gasteiger partial charge in [-0.1, -0.05) is 30.3 Å². The number of aromatic nitrogens is 2. The number of H-pyrrole nitrogens is 1. The lowest BCUT2D eigenvalue weighted by molar-refractivity contribution is -0.117. The van der Waals surface area contributed by atoms with E-state index in [9.17, 15) is 10.1 Å². The minimum atomic E-state index is -0.420. The van der Waals surface area contributed by atoms with Crippen LogP contribution in [0.5, 0.6) is 0 Å². The molecule has 0 saturated carbocycles. The highest BCUT2D eigenvalue weighted by Crippen LogP contribution is 2.15. The van der Waals surface area contributed by atoms with E-state index in [0.29, 0.717) is 6.54 Å². The molecular weight excluding hydrogens is 302 g/mol. The first kappa shape index (κ1) is 15.3. The van der Waals surface area contributed by atoms with Crippen molar-refractivity contribution in [2.75, 3.05) is 5.32 Å². The van der Waals surface area contributed by atoms with E-state index in [1.165, 1.54) is 6.20 Å². The van der Waals surface area contributed by atoms with Crippen LogP contribution >= 0.6 is 0 Å². The Morgan fingerprint density at radius 3 is 2.88 bits per heavy atom. The molecule has 0 atom stereocenters. The highest BCUT2D eigenvalue weighted by molar-refractivity contribution is 5.97. The molecule has 1 aromatic heterocycles. The number of nitrogens with one attached hydrogen (secondary N) is 3. The van der Waals surface area contributed by atoms with Gasteiger partial charge in [0.1, 0.15) is 11.6 Å². The first-order valence-corrected chi connectivity index (χ1v) is 7.38. The van der Waals surface area contributed by atoms with Gasteiger partial charge in [-0.3, -0.25) is 4.79 Å². The number of hydrogen-bond acceptors (Lipinski definition) is 4. The number of fused-ring (bicyclic) bond motifs is 1. The predicted octanol–water partition coefficient (Wildman–Crippen LogP) is 2.70. The summed E-state index contributed by atoms with van der Waals surface area (Å²) in [5, 5.41) is 14.9. The van der Waals surface area contributed by atoms with Gasteiger partial charge in [-0.2, -0.15) is 5.26 Å². The number of nitriles is 1. The Morgan fingerprint density at radius 1 is 1.25 bits per heavy atom. The van der Waals surface area contributed by atoms with E-state index < -0.39 is 5.91 Å². The molecule has 0 aliphatic heterocycles. The molecular formula is C18H15N5O. The van der Waals surface area contributed by atoms with Crippen LogP contribution in [0.4, 0.5) is 5.69 Å². The van der Waals surface area contributed by atoms with Gasteiger partial charge in [-0.25, -0.2) is 4.98 Å². The molecule has 3 N–H and O–H groups in total. The first-order chi connectivity index (χ1) is 11.8. The Hall–Kier alpha value is -3.59. The zero-order valence-corrected chi connectivity index (χ0v) is 12.8. The Kier molecular flexibility index (Phi) is 4.54. The second-order valence-electron chi connectivity index (χ2n) is 5.12. The van der Waals surface area contributed by atoms with Crippen molar-refractivity contribution in [2.45, 2.75) is 6.54 Å². The van der Waals surface area contributed by atoms with Gasteiger partial charge in [-0.15, -0.1) is 0 Å². The molecule has 6 nitrogen and oxygen atoms in total. The molecule has 0 saturated heterocycles. The molecule has 3 rings (SSSR count). The summed E-state index contributed by atoms with van der Waals surface area (Å²) in [5.41, 5.74) is 3.47. The number of benzene rings is 2. The quantitative estimate of drug-likeness (QED) is 0.498. The summed E-state index contributed by atoms with van der Waals surface area (Å²) in [6.07, 6.45) is 3.01. The minimum Gasteiger partial charge on any atom is -0.360 e. The van der Waals surface area contributed by atoms with Gasteiger partial charge in [0.15, 0.2) is 0 Å². The summed E-state index contributed by atoms with van der Waals surface area (Å²) in [6, 6.07) is 17.0. The van der Waals surface area contributed by atoms with Crippen molar-refractivity contribution in [3.05, 3.63) is 72.2 Å². The largest absolute Gasteiger partial charge is 0.360 e. The molecule has 0 unspecified atom stereocenters. The van der Waals surface area contributed by atoms with E-state index in [2.05, 4.69) is 20.6 Å². The molecule has 1 heterocycles. The van der Waals surface area contributed by atoms with Gasteiger partial charge in [0.05, 0.1) is 17.4 Å². The molecule has 0 aliphatic carbocycles. The standard InChI is InChI=1S/C18H15N5O/c19-9-14(18(24)21-10-13-4-2-1-3-5-13)11-20-15-6-7-16-17(8-15)23-12-22-16/h1-8,11-12,20H,10H2,(H,21,24)(H,22,23)/b14-11-. The average molecular weight is 317 g/mol. The third kappa shape index (κ3) is 3.59. The topological polar surface area (TPSA) is 93.6 Å². The van der Waals surface area contributed by atoms with Crippen LogP contribution in [-0.2, 0) is 11.3 Å². The summed E-state index contributed by atoms with van der Waals surface area (Å²) < 4.78 is 0. The van der Waals surface area contributed by atoms with E-state index in [-0.39, 0.29) is 5.57 Å². The second-order valence-corrected chi connectivity index (χ2v) is 5.12. The fraction of sp³-hybridized carbons (Fsp3) is 0.0556. The number of carbonyl (C=O) groups excluding carboxylic acids is 1. The van der Waals surface area contributed by atoms with Crippen molar-refractivity contribution < 1.29 is 4.79 Å². The van der Waals surface area contributed by atoms with Gasteiger partial charge in [-0.05, 0) is 23.8 Å². The summed E-state index contributed by atoms with van der Waals surface area (Å²) in [4.78, 5) is 19.2. The average Bonchev–Trinajstić information content (AvgIpc) is 3.09. The Labute approximate surface area is 138 Å². The van der Waals surface area contributed by atoms with E-state index in [4.69, 9.17) is 0 Å². The van der Waals surface area contributed by atoms with Gasteiger partial charge < -0.3 is 15.6 Å². The molecule has 0 fully saturated rings. The zero-order chi connectivity index (χ0) is 16.8. The number of amides is 1. The minimum absolute atomic E-state index is 0.00985. The lowest BCUT2D eigenvalue weighted by Gasteiger charge is -2.05. The highest BCUT2D eigenvalue weighted by atomic mass is 16.1. The van der Waals surface area contributed by atoms with E-state index in [0.717, 1.165) is 22.3 Å². The van der Waals surface area contributed by atoms with Crippen LogP contribution in [0, 0.1) is 11.3 Å². The molecule has 118 valence electrons. The monoisotopic (exact) mass is 317 g/mol. The van der Waals surface area contributed by atoms with Crippen molar-refractivity contribution in [3.8, 4) is 6.07 Å². The number of rotatable bonds is 5. The maximum absolute atomic E-state index is 12.1. The summed E-state index contributed by atoms with van der Waals surface area (Å²) in [6.45, 7) is 0.374. The number of carbonyl (C=O) groups is 1. The maximum Gasteiger partial charge on any atom is 0.263 e. The fourth-order valence-corrected chi connectivity index (χ4v) is 2.20. The number of imidazole rings is 1. The summed E-state index contributed by atoms with van der Waals surface area (Å²) >= 11 is 0. The van der Waals surface area contributed by atoms with E-state index >= 15 is 0 Å². The highest BCUT2D eigenvalue weighted by Gasteiger charge is 2.08. The van der Waals surface area contributed by atoms with Crippen LogP contribution in [0.1, 0.15) is 5.56 Å². The van der Waals surface area contributed by atoms with Crippen molar-refractivity contribution in [2.24, 2.45) is 0 Å². The van der Waals surface area contributed by atoms with Crippen LogP contribution in [0.15, 0.2) is 66.6 Å². The van der Waals surface area contributed by atoms with Crippen molar-refractivity contribution in [1.29, 1.82) is 5.26 Å². The molecule has 0 bridgehead atoms. The van der Waals surface area contributed by atoms with Crippen molar-refractivity contribution in [1.82, 2.24) is 15.3 Å². The third-order valence-electron chi connectivity index (χ3n) is 3.46. The van der Waals surface area contributed by atoms with Crippen molar-refractivity contribution in [3.63, 3.8) is 0 Å². The molecule has 1 amide bonds. The van der Waals surface area contributed by atoms with Crippen LogP contribution in [0.2, 0.25) is 0 Å². The summed E-state index contributed by atoms with van der Waals surface area (Å²) in [7, 11) is 0. The van der Waals surface area contributed by atoms with Crippen LogP contribution in [0.3, 0.4) is 0 Å². The third-order valence-corrected chi connectivity index (χ3v) is 3.46. The molecule has 2 aromatic carbocycles. The molecule has 24 heavy (non-hydrogen) atoms. The summed E-state index contributed by atoms with van der Waals surface area (Å²) in [5.74, 6) is -0.420.